The Kier molecular flexibility index (Phi) is 5.48. The molecule has 0 spiro atoms. The van der Waals surface area contributed by atoms with Gasteiger partial charge >= 0.3 is 5.69 Å². The molecule has 31 heavy (non-hydrogen) atoms. The molecule has 0 saturated carbocycles. The topological polar surface area (TPSA) is 93.3 Å². The lowest BCUT2D eigenvalue weighted by molar-refractivity contribution is -0.122. The molecule has 0 saturated heterocycles. The standard InChI is InChI=1S/C22H21FN6O2/c1-14-8-9-17(11-18(14)23)26-21-25-15(2)10-19-27-28(22(31)29(19)21)13-20(30)24-12-16-6-4-3-5-7-16/h3-11H,12-13H2,1-2H3,(H,24,30)(H,25,26). The Morgan fingerprint density at radius 2 is 1.87 bits per heavy atom. The van der Waals surface area contributed by atoms with Gasteiger partial charge in [-0.05, 0) is 37.1 Å². The number of halogens is 1. The molecular weight excluding hydrogens is 399 g/mol. The van der Waals surface area contributed by atoms with Gasteiger partial charge in [0.25, 0.3) is 0 Å². The third kappa shape index (κ3) is 4.45. The Balaban J connectivity index is 1.59. The summed E-state index contributed by atoms with van der Waals surface area (Å²) in [5.41, 5.74) is 2.35. The molecule has 2 aromatic carbocycles. The van der Waals surface area contributed by atoms with Crippen LogP contribution in [0.4, 0.5) is 16.0 Å². The first-order valence-corrected chi connectivity index (χ1v) is 9.72. The number of carbonyl (C=O) groups excluding carboxylic acids is 1. The summed E-state index contributed by atoms with van der Waals surface area (Å²) >= 11 is 0. The number of anilines is 2. The van der Waals surface area contributed by atoms with Crippen LogP contribution in [0.1, 0.15) is 16.8 Å². The van der Waals surface area contributed by atoms with Crippen LogP contribution < -0.4 is 16.3 Å². The van der Waals surface area contributed by atoms with Crippen molar-refractivity contribution in [2.24, 2.45) is 0 Å². The zero-order chi connectivity index (χ0) is 22.0. The average Bonchev–Trinajstić information content (AvgIpc) is 3.05. The van der Waals surface area contributed by atoms with Crippen LogP contribution in [0, 0.1) is 19.7 Å². The van der Waals surface area contributed by atoms with Crippen molar-refractivity contribution in [3.63, 3.8) is 0 Å². The summed E-state index contributed by atoms with van der Waals surface area (Å²) in [4.78, 5) is 29.6. The third-order valence-electron chi connectivity index (χ3n) is 4.75. The van der Waals surface area contributed by atoms with Crippen LogP contribution >= 0.6 is 0 Å². The largest absolute Gasteiger partial charge is 0.353 e. The van der Waals surface area contributed by atoms with Gasteiger partial charge in [0.15, 0.2) is 5.65 Å². The molecule has 0 aliphatic rings. The van der Waals surface area contributed by atoms with Crippen LogP contribution in [0.2, 0.25) is 0 Å². The molecule has 0 fully saturated rings. The first kappa shape index (κ1) is 20.3. The maximum atomic E-state index is 13.9. The van der Waals surface area contributed by atoms with Crippen LogP contribution in [0.3, 0.4) is 0 Å². The van der Waals surface area contributed by atoms with Crippen molar-refractivity contribution in [3.8, 4) is 0 Å². The Labute approximate surface area is 177 Å². The summed E-state index contributed by atoms with van der Waals surface area (Å²) in [5, 5.41) is 10.00. The molecule has 158 valence electrons. The molecule has 1 amide bonds. The van der Waals surface area contributed by atoms with E-state index in [1.165, 1.54) is 10.5 Å². The third-order valence-corrected chi connectivity index (χ3v) is 4.75. The van der Waals surface area contributed by atoms with Crippen LogP contribution in [0.5, 0.6) is 0 Å². The molecule has 0 radical (unpaired) electrons. The molecule has 0 unspecified atom stereocenters. The lowest BCUT2D eigenvalue weighted by atomic mass is 10.2. The van der Waals surface area contributed by atoms with Gasteiger partial charge in [0.05, 0.1) is 0 Å². The lowest BCUT2D eigenvalue weighted by Crippen LogP contribution is -2.32. The van der Waals surface area contributed by atoms with E-state index < -0.39 is 5.69 Å². The van der Waals surface area contributed by atoms with Crippen molar-refractivity contribution in [3.05, 3.63) is 87.7 Å². The molecular formula is C22H21FN6O2. The first-order valence-electron chi connectivity index (χ1n) is 9.72. The van der Waals surface area contributed by atoms with Gasteiger partial charge in [0, 0.05) is 24.0 Å². The molecule has 0 aliphatic carbocycles. The highest BCUT2D eigenvalue weighted by Gasteiger charge is 2.15. The predicted octanol–water partition coefficient (Wildman–Crippen LogP) is 2.71. The number of nitrogens with zero attached hydrogens (tertiary/aromatic N) is 4. The fourth-order valence-corrected chi connectivity index (χ4v) is 3.13. The smallest absolute Gasteiger partial charge is 0.350 e. The molecule has 0 bridgehead atoms. The van der Waals surface area contributed by atoms with E-state index in [1.54, 1.807) is 32.0 Å². The van der Waals surface area contributed by atoms with E-state index in [0.29, 0.717) is 29.1 Å². The fourth-order valence-electron chi connectivity index (χ4n) is 3.13. The van der Waals surface area contributed by atoms with E-state index in [2.05, 4.69) is 20.7 Å². The lowest BCUT2D eigenvalue weighted by Gasteiger charge is -2.08. The van der Waals surface area contributed by atoms with Crippen LogP contribution in [-0.4, -0.2) is 25.1 Å². The van der Waals surface area contributed by atoms with Crippen LogP contribution in [0.25, 0.3) is 5.65 Å². The quantitative estimate of drug-likeness (QED) is 0.500. The van der Waals surface area contributed by atoms with Crippen LogP contribution in [-0.2, 0) is 17.9 Å². The van der Waals surface area contributed by atoms with Gasteiger partial charge < -0.3 is 10.6 Å². The summed E-state index contributed by atoms with van der Waals surface area (Å²) in [7, 11) is 0. The van der Waals surface area contributed by atoms with E-state index in [0.717, 1.165) is 10.2 Å². The number of carbonyl (C=O) groups is 1. The number of hydrogen-bond acceptors (Lipinski definition) is 5. The normalized spacial score (nSPS) is 10.9. The van der Waals surface area contributed by atoms with Gasteiger partial charge in [-0.15, -0.1) is 5.10 Å². The highest BCUT2D eigenvalue weighted by molar-refractivity contribution is 5.75. The number of benzene rings is 2. The number of fused-ring (bicyclic) bond motifs is 1. The minimum atomic E-state index is -0.521. The molecule has 8 nitrogen and oxygen atoms in total. The van der Waals surface area contributed by atoms with Crippen molar-refractivity contribution in [2.75, 3.05) is 5.32 Å². The zero-order valence-electron chi connectivity index (χ0n) is 17.1. The Hall–Kier alpha value is -4.01. The van der Waals surface area contributed by atoms with Crippen molar-refractivity contribution < 1.29 is 9.18 Å². The molecule has 4 rings (SSSR count). The molecule has 2 aromatic heterocycles. The van der Waals surface area contributed by atoms with Gasteiger partial charge in [-0.3, -0.25) is 4.79 Å². The maximum Gasteiger partial charge on any atom is 0.353 e. The van der Waals surface area contributed by atoms with Gasteiger partial charge in [0.2, 0.25) is 11.9 Å². The SMILES string of the molecule is Cc1cc2nn(CC(=O)NCc3ccccc3)c(=O)n2c(Nc2ccc(C)c(F)c2)n1. The zero-order valence-corrected chi connectivity index (χ0v) is 17.1. The highest BCUT2D eigenvalue weighted by Crippen LogP contribution is 2.18. The van der Waals surface area contributed by atoms with Gasteiger partial charge in [0.1, 0.15) is 12.4 Å². The molecule has 0 aliphatic heterocycles. The second-order valence-corrected chi connectivity index (χ2v) is 7.21. The molecule has 4 aromatic rings. The summed E-state index contributed by atoms with van der Waals surface area (Å²) in [6.45, 7) is 3.55. The first-order chi connectivity index (χ1) is 14.9. The van der Waals surface area contributed by atoms with E-state index in [9.17, 15) is 14.0 Å². The molecule has 2 N–H and O–H groups in total. The number of aromatic nitrogens is 4. The van der Waals surface area contributed by atoms with Crippen molar-refractivity contribution in [2.45, 2.75) is 26.9 Å². The number of rotatable bonds is 6. The average molecular weight is 420 g/mol. The summed E-state index contributed by atoms with van der Waals surface area (Å²) in [6.07, 6.45) is 0. The number of amides is 1. The van der Waals surface area contributed by atoms with Gasteiger partial charge in [-0.1, -0.05) is 36.4 Å². The van der Waals surface area contributed by atoms with E-state index in [1.807, 2.05) is 30.3 Å². The van der Waals surface area contributed by atoms with Crippen LogP contribution in [0.15, 0.2) is 59.4 Å². The highest BCUT2D eigenvalue weighted by atomic mass is 19.1. The molecule has 0 atom stereocenters. The van der Waals surface area contributed by atoms with E-state index in [-0.39, 0.29) is 24.2 Å². The van der Waals surface area contributed by atoms with Gasteiger partial charge in [-0.25, -0.2) is 23.3 Å². The van der Waals surface area contributed by atoms with Gasteiger partial charge in [-0.2, -0.15) is 0 Å². The summed E-state index contributed by atoms with van der Waals surface area (Å²) in [6, 6.07) is 15.8. The Morgan fingerprint density at radius 3 is 2.61 bits per heavy atom. The summed E-state index contributed by atoms with van der Waals surface area (Å²) in [5.74, 6) is -0.514. The molecule has 2 heterocycles. The number of aryl methyl sites for hydroxylation is 2. The van der Waals surface area contributed by atoms with Crippen molar-refractivity contribution >= 4 is 23.2 Å². The molecule has 9 heteroatoms. The summed E-state index contributed by atoms with van der Waals surface area (Å²) < 4.78 is 16.2. The van der Waals surface area contributed by atoms with Crippen molar-refractivity contribution in [1.29, 1.82) is 0 Å². The minimum Gasteiger partial charge on any atom is -0.350 e. The second kappa shape index (κ2) is 8.39. The predicted molar refractivity (Wildman–Crippen MR) is 115 cm³/mol. The Bertz CT molecular complexity index is 1310. The van der Waals surface area contributed by atoms with E-state index in [4.69, 9.17) is 0 Å². The maximum absolute atomic E-state index is 13.9. The second-order valence-electron chi connectivity index (χ2n) is 7.21. The van der Waals surface area contributed by atoms with Crippen molar-refractivity contribution in [1.82, 2.24) is 24.5 Å². The minimum absolute atomic E-state index is 0.194. The Morgan fingerprint density at radius 1 is 1.10 bits per heavy atom. The number of hydrogen-bond donors (Lipinski definition) is 2. The monoisotopic (exact) mass is 420 g/mol. The van der Waals surface area contributed by atoms with E-state index >= 15 is 0 Å². The number of nitrogens with one attached hydrogen (secondary N) is 2. The fraction of sp³-hybridized carbons (Fsp3) is 0.182.